The number of esters is 1. The number of nitrogens with zero attached hydrogens (tertiary/aromatic N) is 2. The van der Waals surface area contributed by atoms with Crippen LogP contribution in [0.5, 0.6) is 0 Å². The summed E-state index contributed by atoms with van der Waals surface area (Å²) in [7, 11) is 2.92. The minimum absolute atomic E-state index is 0.108. The normalized spacial score (nSPS) is 17.3. The fraction of sp³-hybridized carbons (Fsp3) is 0.545. The second kappa shape index (κ2) is 3.87. The van der Waals surface area contributed by atoms with E-state index in [9.17, 15) is 14.7 Å². The van der Waals surface area contributed by atoms with Gasteiger partial charge in [0.1, 0.15) is 0 Å². The van der Waals surface area contributed by atoms with Crippen LogP contribution in [0.3, 0.4) is 0 Å². The highest BCUT2D eigenvalue weighted by atomic mass is 16.5. The maximum atomic E-state index is 11.6. The summed E-state index contributed by atoms with van der Waals surface area (Å²) in [6.45, 7) is 0. The number of carboxylic acids is 1. The molecule has 1 aliphatic carbocycles. The Hall–Kier alpha value is -1.85. The Morgan fingerprint density at radius 3 is 2.59 bits per heavy atom. The van der Waals surface area contributed by atoms with Crippen molar-refractivity contribution in [3.63, 3.8) is 0 Å². The zero-order valence-corrected chi connectivity index (χ0v) is 9.77. The van der Waals surface area contributed by atoms with E-state index in [1.165, 1.54) is 11.8 Å². The van der Waals surface area contributed by atoms with Gasteiger partial charge in [-0.1, -0.05) is 6.42 Å². The molecule has 17 heavy (non-hydrogen) atoms. The zero-order valence-electron chi connectivity index (χ0n) is 9.77. The summed E-state index contributed by atoms with van der Waals surface area (Å²) in [6, 6.07) is 0. The molecule has 0 atom stereocenters. The third kappa shape index (κ3) is 1.60. The monoisotopic (exact) mass is 238 g/mol. The quantitative estimate of drug-likeness (QED) is 0.784. The van der Waals surface area contributed by atoms with Crippen molar-refractivity contribution in [2.45, 2.75) is 24.7 Å². The lowest BCUT2D eigenvalue weighted by atomic mass is 9.64. The topological polar surface area (TPSA) is 81.4 Å². The molecule has 2 rings (SSSR count). The third-order valence-electron chi connectivity index (χ3n) is 3.34. The molecule has 0 aliphatic heterocycles. The van der Waals surface area contributed by atoms with E-state index in [4.69, 9.17) is 0 Å². The van der Waals surface area contributed by atoms with Crippen molar-refractivity contribution < 1.29 is 19.4 Å². The number of hydrogen-bond acceptors (Lipinski definition) is 4. The van der Waals surface area contributed by atoms with Gasteiger partial charge in [0.05, 0.1) is 12.5 Å². The van der Waals surface area contributed by atoms with Crippen molar-refractivity contribution in [3.8, 4) is 0 Å². The van der Waals surface area contributed by atoms with Gasteiger partial charge in [0.15, 0.2) is 5.69 Å². The lowest BCUT2D eigenvalue weighted by Gasteiger charge is -2.37. The van der Waals surface area contributed by atoms with E-state index in [1.807, 2.05) is 0 Å². The van der Waals surface area contributed by atoms with Crippen LogP contribution in [0.2, 0.25) is 0 Å². The van der Waals surface area contributed by atoms with Crippen LogP contribution in [-0.4, -0.2) is 33.9 Å². The molecule has 1 N–H and O–H groups in total. The third-order valence-corrected chi connectivity index (χ3v) is 3.34. The number of aliphatic carboxylic acids is 1. The largest absolute Gasteiger partial charge is 0.481 e. The number of aryl methyl sites for hydroxylation is 1. The van der Waals surface area contributed by atoms with E-state index in [1.54, 1.807) is 13.2 Å². The maximum absolute atomic E-state index is 11.6. The van der Waals surface area contributed by atoms with Gasteiger partial charge >= 0.3 is 11.9 Å². The second-order valence-corrected chi connectivity index (χ2v) is 4.30. The van der Waals surface area contributed by atoms with Crippen LogP contribution in [0.4, 0.5) is 0 Å². The predicted octanol–water partition coefficient (Wildman–Crippen LogP) is 0.713. The summed E-state index contributed by atoms with van der Waals surface area (Å²) in [5.74, 6) is -1.49. The van der Waals surface area contributed by atoms with Gasteiger partial charge in [-0.25, -0.2) is 4.79 Å². The lowest BCUT2D eigenvalue weighted by Crippen LogP contribution is -2.43. The van der Waals surface area contributed by atoms with Gasteiger partial charge in [0.2, 0.25) is 0 Å². The molecule has 1 aromatic heterocycles. The minimum Gasteiger partial charge on any atom is -0.481 e. The maximum Gasteiger partial charge on any atom is 0.358 e. The number of carbonyl (C=O) groups is 2. The van der Waals surface area contributed by atoms with Gasteiger partial charge in [-0.3, -0.25) is 9.48 Å². The zero-order chi connectivity index (χ0) is 12.6. The van der Waals surface area contributed by atoms with E-state index in [-0.39, 0.29) is 5.69 Å². The number of carboxylic acid groups (broad SMARTS) is 1. The molecular weight excluding hydrogens is 224 g/mol. The minimum atomic E-state index is -0.961. The molecule has 1 saturated carbocycles. The van der Waals surface area contributed by atoms with Crippen molar-refractivity contribution >= 4 is 11.9 Å². The first kappa shape index (κ1) is 11.6. The smallest absolute Gasteiger partial charge is 0.358 e. The number of carbonyl (C=O) groups excluding carboxylic acids is 1. The first-order valence-corrected chi connectivity index (χ1v) is 5.37. The molecule has 92 valence electrons. The molecule has 6 nitrogen and oxygen atoms in total. The van der Waals surface area contributed by atoms with Crippen LogP contribution in [0.1, 0.15) is 35.3 Å². The molecule has 0 amide bonds. The fourth-order valence-corrected chi connectivity index (χ4v) is 2.21. The van der Waals surface area contributed by atoms with Crippen LogP contribution in [-0.2, 0) is 22.0 Å². The van der Waals surface area contributed by atoms with Gasteiger partial charge < -0.3 is 9.84 Å². The Morgan fingerprint density at radius 2 is 2.18 bits per heavy atom. The van der Waals surface area contributed by atoms with Crippen molar-refractivity contribution in [2.75, 3.05) is 7.11 Å². The van der Waals surface area contributed by atoms with Crippen LogP contribution < -0.4 is 0 Å². The van der Waals surface area contributed by atoms with Crippen LogP contribution in [0.25, 0.3) is 0 Å². The number of ether oxygens (including phenoxy) is 1. The molecular formula is C11H14N2O4. The molecule has 0 saturated heterocycles. The van der Waals surface area contributed by atoms with E-state index in [0.29, 0.717) is 18.4 Å². The summed E-state index contributed by atoms with van der Waals surface area (Å²) in [6.07, 6.45) is 3.53. The first-order chi connectivity index (χ1) is 8.01. The van der Waals surface area contributed by atoms with Gasteiger partial charge in [-0.15, -0.1) is 0 Å². The van der Waals surface area contributed by atoms with E-state index in [2.05, 4.69) is 9.84 Å². The van der Waals surface area contributed by atoms with Gasteiger partial charge in [0, 0.05) is 18.8 Å². The molecule has 6 heteroatoms. The molecule has 1 aromatic rings. The van der Waals surface area contributed by atoms with Gasteiger partial charge in [-0.05, 0) is 12.8 Å². The summed E-state index contributed by atoms with van der Waals surface area (Å²) in [5, 5.41) is 13.3. The van der Waals surface area contributed by atoms with Crippen LogP contribution >= 0.6 is 0 Å². The molecule has 0 spiro atoms. The summed E-state index contributed by atoms with van der Waals surface area (Å²) < 4.78 is 6.08. The molecule has 0 radical (unpaired) electrons. The number of aromatic nitrogens is 2. The number of methoxy groups -OCH3 is 1. The highest BCUT2D eigenvalue weighted by Gasteiger charge is 2.49. The SMILES string of the molecule is COC(=O)c1nn(C)cc1C1(C(=O)O)CCC1. The summed E-state index contributed by atoms with van der Waals surface area (Å²) in [4.78, 5) is 23.0. The highest BCUT2D eigenvalue weighted by Crippen LogP contribution is 2.45. The average Bonchev–Trinajstić information content (AvgIpc) is 2.57. The van der Waals surface area contributed by atoms with E-state index in [0.717, 1.165) is 6.42 Å². The lowest BCUT2D eigenvalue weighted by molar-refractivity contribution is -0.147. The Labute approximate surface area is 98.2 Å². The molecule has 1 aliphatic rings. The number of rotatable bonds is 3. The molecule has 1 heterocycles. The highest BCUT2D eigenvalue weighted by molar-refractivity contribution is 5.93. The molecule has 0 aromatic carbocycles. The predicted molar refractivity (Wildman–Crippen MR) is 57.7 cm³/mol. The number of hydrogen-bond donors (Lipinski definition) is 1. The Balaban J connectivity index is 2.51. The molecule has 1 fully saturated rings. The summed E-state index contributed by atoms with van der Waals surface area (Å²) in [5.41, 5.74) is -0.389. The van der Waals surface area contributed by atoms with Crippen LogP contribution in [0.15, 0.2) is 6.20 Å². The Kier molecular flexibility index (Phi) is 2.65. The second-order valence-electron chi connectivity index (χ2n) is 4.30. The average molecular weight is 238 g/mol. The van der Waals surface area contributed by atoms with E-state index < -0.39 is 17.4 Å². The van der Waals surface area contributed by atoms with Gasteiger partial charge in [0.25, 0.3) is 0 Å². The molecule has 0 bridgehead atoms. The Bertz CT molecular complexity index is 474. The van der Waals surface area contributed by atoms with Crippen molar-refractivity contribution in [1.82, 2.24) is 9.78 Å². The first-order valence-electron chi connectivity index (χ1n) is 5.37. The summed E-state index contributed by atoms with van der Waals surface area (Å²) >= 11 is 0. The standard InChI is InChI=1S/C11H14N2O4/c1-13-6-7(8(12-13)9(14)17-2)11(10(15)16)4-3-5-11/h6H,3-5H2,1-2H3,(H,15,16). The molecule has 0 unspecified atom stereocenters. The Morgan fingerprint density at radius 1 is 1.53 bits per heavy atom. The fourth-order valence-electron chi connectivity index (χ4n) is 2.21. The van der Waals surface area contributed by atoms with Gasteiger partial charge in [-0.2, -0.15) is 5.10 Å². The van der Waals surface area contributed by atoms with Crippen molar-refractivity contribution in [2.24, 2.45) is 7.05 Å². The van der Waals surface area contributed by atoms with E-state index >= 15 is 0 Å². The van der Waals surface area contributed by atoms with Crippen LogP contribution in [0, 0.1) is 0 Å². The van der Waals surface area contributed by atoms with Crippen molar-refractivity contribution in [1.29, 1.82) is 0 Å². The van der Waals surface area contributed by atoms with Crippen molar-refractivity contribution in [3.05, 3.63) is 17.5 Å².